The van der Waals surface area contributed by atoms with Crippen LogP contribution in [0.3, 0.4) is 0 Å². The van der Waals surface area contributed by atoms with Crippen LogP contribution in [0.4, 0.5) is 11.4 Å². The number of amides is 1. The highest BCUT2D eigenvalue weighted by Gasteiger charge is 2.21. The van der Waals surface area contributed by atoms with E-state index in [0.29, 0.717) is 11.1 Å². The zero-order valence-corrected chi connectivity index (χ0v) is 17.5. The standard InChI is InChI=1S/C24H16N4O6/c29-24(21-7-3-5-17-4-1-2-6-20(17)21)26-25-15-16-8-11-19(12-9-16)34-23-13-10-18(27(30)31)14-22(23)28(32)33/h1-15H,(H,26,29)/b25-15-. The first-order valence-electron chi connectivity index (χ1n) is 9.94. The summed E-state index contributed by atoms with van der Waals surface area (Å²) < 4.78 is 5.52. The Labute approximate surface area is 192 Å². The van der Waals surface area contributed by atoms with Crippen molar-refractivity contribution in [3.05, 3.63) is 116 Å². The summed E-state index contributed by atoms with van der Waals surface area (Å²) in [5.41, 5.74) is 2.72. The zero-order chi connectivity index (χ0) is 24.1. The van der Waals surface area contributed by atoms with Gasteiger partial charge in [-0.25, -0.2) is 5.43 Å². The predicted molar refractivity (Wildman–Crippen MR) is 125 cm³/mol. The summed E-state index contributed by atoms with van der Waals surface area (Å²) in [6.45, 7) is 0. The Morgan fingerprint density at radius 2 is 1.62 bits per heavy atom. The van der Waals surface area contributed by atoms with Gasteiger partial charge in [-0.2, -0.15) is 5.10 Å². The number of rotatable bonds is 7. The first-order valence-corrected chi connectivity index (χ1v) is 9.94. The molecule has 34 heavy (non-hydrogen) atoms. The van der Waals surface area contributed by atoms with Gasteiger partial charge in [-0.1, -0.05) is 36.4 Å². The molecule has 4 aromatic carbocycles. The fraction of sp³-hybridized carbons (Fsp3) is 0. The molecule has 0 aromatic heterocycles. The molecule has 10 heteroatoms. The lowest BCUT2D eigenvalue weighted by Gasteiger charge is -2.06. The van der Waals surface area contributed by atoms with Crippen molar-refractivity contribution in [3.63, 3.8) is 0 Å². The van der Waals surface area contributed by atoms with Gasteiger partial charge in [0.1, 0.15) is 5.75 Å². The smallest absolute Gasteiger partial charge is 0.318 e. The van der Waals surface area contributed by atoms with Crippen molar-refractivity contribution in [2.24, 2.45) is 5.10 Å². The maximum atomic E-state index is 12.5. The van der Waals surface area contributed by atoms with Crippen LogP contribution in [0.15, 0.2) is 90.0 Å². The molecule has 0 atom stereocenters. The third kappa shape index (κ3) is 4.86. The molecule has 0 aliphatic rings. The average molecular weight is 456 g/mol. The molecule has 0 radical (unpaired) electrons. The van der Waals surface area contributed by atoms with Gasteiger partial charge in [-0.15, -0.1) is 0 Å². The zero-order valence-electron chi connectivity index (χ0n) is 17.5. The van der Waals surface area contributed by atoms with E-state index in [1.165, 1.54) is 12.3 Å². The second kappa shape index (κ2) is 9.57. The van der Waals surface area contributed by atoms with Crippen molar-refractivity contribution in [1.82, 2.24) is 5.43 Å². The van der Waals surface area contributed by atoms with Gasteiger partial charge in [0.25, 0.3) is 11.6 Å². The Balaban J connectivity index is 1.44. The molecular formula is C24H16N4O6. The number of nitro groups is 2. The second-order valence-electron chi connectivity index (χ2n) is 7.06. The SMILES string of the molecule is O=C(N/N=C\c1ccc(Oc2ccc([N+](=O)[O-])cc2[N+](=O)[O-])cc1)c1cccc2ccccc12. The van der Waals surface area contributed by atoms with Gasteiger partial charge in [-0.3, -0.25) is 25.0 Å². The van der Waals surface area contributed by atoms with Crippen molar-refractivity contribution in [1.29, 1.82) is 0 Å². The first-order chi connectivity index (χ1) is 16.4. The Morgan fingerprint density at radius 1 is 0.882 bits per heavy atom. The normalized spacial score (nSPS) is 10.8. The summed E-state index contributed by atoms with van der Waals surface area (Å²) in [6, 6.07) is 22.5. The molecule has 0 heterocycles. The van der Waals surface area contributed by atoms with Crippen LogP contribution in [-0.4, -0.2) is 22.0 Å². The third-order valence-corrected chi connectivity index (χ3v) is 4.87. The van der Waals surface area contributed by atoms with Gasteiger partial charge in [0.05, 0.1) is 22.1 Å². The molecule has 0 aliphatic heterocycles. The van der Waals surface area contributed by atoms with Gasteiger partial charge in [0, 0.05) is 11.6 Å². The molecule has 10 nitrogen and oxygen atoms in total. The summed E-state index contributed by atoms with van der Waals surface area (Å²) in [6.07, 6.45) is 1.45. The molecule has 4 rings (SSSR count). The molecule has 0 saturated heterocycles. The van der Waals surface area contributed by atoms with E-state index >= 15 is 0 Å². The molecule has 1 amide bonds. The van der Waals surface area contributed by atoms with E-state index in [1.54, 1.807) is 36.4 Å². The maximum Gasteiger partial charge on any atom is 0.318 e. The van der Waals surface area contributed by atoms with Crippen LogP contribution in [0.25, 0.3) is 10.8 Å². The Kier molecular flexibility index (Phi) is 6.22. The molecule has 168 valence electrons. The van der Waals surface area contributed by atoms with E-state index < -0.39 is 21.2 Å². The van der Waals surface area contributed by atoms with E-state index in [4.69, 9.17) is 4.74 Å². The highest BCUT2D eigenvalue weighted by atomic mass is 16.6. The van der Waals surface area contributed by atoms with E-state index in [-0.39, 0.29) is 17.4 Å². The molecule has 0 bridgehead atoms. The molecule has 0 aliphatic carbocycles. The monoisotopic (exact) mass is 456 g/mol. The quantitative estimate of drug-likeness (QED) is 0.230. The lowest BCUT2D eigenvalue weighted by Crippen LogP contribution is -2.17. The summed E-state index contributed by atoms with van der Waals surface area (Å²) in [5, 5.41) is 27.8. The number of hydrogen-bond donors (Lipinski definition) is 1. The predicted octanol–water partition coefficient (Wildman–Crippen LogP) is 5.21. The van der Waals surface area contributed by atoms with Crippen LogP contribution in [0.5, 0.6) is 11.5 Å². The average Bonchev–Trinajstić information content (AvgIpc) is 2.84. The van der Waals surface area contributed by atoms with Crippen molar-refractivity contribution in [2.45, 2.75) is 0 Å². The van der Waals surface area contributed by atoms with Gasteiger partial charge >= 0.3 is 5.69 Å². The Bertz CT molecular complexity index is 1430. The number of carbonyl (C=O) groups is 1. The van der Waals surface area contributed by atoms with Crippen LogP contribution in [0.1, 0.15) is 15.9 Å². The number of fused-ring (bicyclic) bond motifs is 1. The topological polar surface area (TPSA) is 137 Å². The van der Waals surface area contributed by atoms with Crippen LogP contribution >= 0.6 is 0 Å². The number of ether oxygens (including phenoxy) is 1. The molecule has 1 N–H and O–H groups in total. The summed E-state index contributed by atoms with van der Waals surface area (Å²) in [7, 11) is 0. The molecule has 0 spiro atoms. The van der Waals surface area contributed by atoms with Gasteiger partial charge in [0.15, 0.2) is 0 Å². The van der Waals surface area contributed by atoms with Crippen LogP contribution in [0.2, 0.25) is 0 Å². The minimum absolute atomic E-state index is 0.126. The Hall–Kier alpha value is -5.12. The van der Waals surface area contributed by atoms with Crippen molar-refractivity contribution >= 4 is 34.3 Å². The van der Waals surface area contributed by atoms with E-state index in [0.717, 1.165) is 22.9 Å². The maximum absolute atomic E-state index is 12.5. The van der Waals surface area contributed by atoms with E-state index in [1.807, 2.05) is 30.3 Å². The van der Waals surface area contributed by atoms with Crippen molar-refractivity contribution in [2.75, 3.05) is 0 Å². The number of benzene rings is 4. The largest absolute Gasteiger partial charge is 0.450 e. The fourth-order valence-electron chi connectivity index (χ4n) is 3.25. The number of hydrogen-bond acceptors (Lipinski definition) is 7. The lowest BCUT2D eigenvalue weighted by atomic mass is 10.0. The number of nitrogens with zero attached hydrogens (tertiary/aromatic N) is 3. The van der Waals surface area contributed by atoms with Crippen LogP contribution < -0.4 is 10.2 Å². The number of hydrazone groups is 1. The number of carbonyl (C=O) groups excluding carboxylic acids is 1. The highest BCUT2D eigenvalue weighted by Crippen LogP contribution is 2.34. The highest BCUT2D eigenvalue weighted by molar-refractivity contribution is 6.07. The lowest BCUT2D eigenvalue weighted by molar-refractivity contribution is -0.394. The molecular weight excluding hydrogens is 440 g/mol. The second-order valence-corrected chi connectivity index (χ2v) is 7.06. The molecule has 0 saturated carbocycles. The minimum atomic E-state index is -0.748. The van der Waals surface area contributed by atoms with Gasteiger partial charge in [-0.05, 0) is 52.7 Å². The summed E-state index contributed by atoms with van der Waals surface area (Å²) in [4.78, 5) is 33.1. The van der Waals surface area contributed by atoms with Crippen molar-refractivity contribution < 1.29 is 19.4 Å². The minimum Gasteiger partial charge on any atom is -0.450 e. The van der Waals surface area contributed by atoms with Gasteiger partial charge in [0.2, 0.25) is 5.75 Å². The summed E-state index contributed by atoms with van der Waals surface area (Å²) in [5.74, 6) is -0.188. The number of non-ortho nitro benzene ring substituents is 1. The first kappa shape index (κ1) is 22.1. The van der Waals surface area contributed by atoms with Gasteiger partial charge < -0.3 is 4.74 Å². The van der Waals surface area contributed by atoms with Crippen LogP contribution in [0, 0.1) is 20.2 Å². The molecule has 0 fully saturated rings. The summed E-state index contributed by atoms with van der Waals surface area (Å²) >= 11 is 0. The fourth-order valence-corrected chi connectivity index (χ4v) is 3.25. The molecule has 0 unspecified atom stereocenters. The van der Waals surface area contributed by atoms with Crippen LogP contribution in [-0.2, 0) is 0 Å². The van der Waals surface area contributed by atoms with E-state index in [9.17, 15) is 25.0 Å². The van der Waals surface area contributed by atoms with E-state index in [2.05, 4.69) is 10.5 Å². The number of nitro benzene ring substituents is 2. The number of nitrogens with one attached hydrogen (secondary N) is 1. The molecule has 4 aromatic rings. The van der Waals surface area contributed by atoms with Crippen molar-refractivity contribution in [3.8, 4) is 11.5 Å². The Morgan fingerprint density at radius 3 is 2.35 bits per heavy atom. The third-order valence-electron chi connectivity index (χ3n) is 4.87.